The molecule has 74 valence electrons. The number of para-hydroxylation sites is 1. The smallest absolute Gasteiger partial charge is 0.289 e. The Morgan fingerprint density at radius 2 is 2.07 bits per heavy atom. The van der Waals surface area contributed by atoms with E-state index in [1.165, 1.54) is 7.11 Å². The molecule has 0 atom stereocenters. The fourth-order valence-electron chi connectivity index (χ4n) is 0.819. The van der Waals surface area contributed by atoms with Gasteiger partial charge in [-0.05, 0) is 24.4 Å². The highest BCUT2D eigenvalue weighted by Gasteiger charge is 1.96. The zero-order valence-electron chi connectivity index (χ0n) is 7.73. The van der Waals surface area contributed by atoms with Gasteiger partial charge in [-0.3, -0.25) is 0 Å². The summed E-state index contributed by atoms with van der Waals surface area (Å²) in [4.78, 5) is 3.78. The van der Waals surface area contributed by atoms with Gasteiger partial charge in [-0.2, -0.15) is 4.99 Å². The normalized spacial score (nSPS) is 10.8. The van der Waals surface area contributed by atoms with Gasteiger partial charge in [0, 0.05) is 5.69 Å². The van der Waals surface area contributed by atoms with Crippen LogP contribution >= 0.6 is 12.2 Å². The van der Waals surface area contributed by atoms with Crippen molar-refractivity contribution in [3.63, 3.8) is 0 Å². The van der Waals surface area contributed by atoms with Crippen LogP contribution < -0.4 is 11.1 Å². The molecule has 0 spiro atoms. The van der Waals surface area contributed by atoms with Gasteiger partial charge in [-0.15, -0.1) is 0 Å². The monoisotopic (exact) mass is 209 g/mol. The quantitative estimate of drug-likeness (QED) is 0.416. The summed E-state index contributed by atoms with van der Waals surface area (Å²) in [7, 11) is 1.43. The summed E-state index contributed by atoms with van der Waals surface area (Å²) in [5.74, 6) is 0. The molecule has 0 saturated carbocycles. The largest absolute Gasteiger partial charge is 0.468 e. The topological polar surface area (TPSA) is 59.6 Å². The Bertz CT molecular complexity index is 337. The van der Waals surface area contributed by atoms with Crippen molar-refractivity contribution in [2.75, 3.05) is 12.4 Å². The van der Waals surface area contributed by atoms with Crippen molar-refractivity contribution in [3.05, 3.63) is 30.3 Å². The number of aliphatic imine (C=N–C) groups is 1. The van der Waals surface area contributed by atoms with Gasteiger partial charge in [0.05, 0.1) is 7.11 Å². The maximum absolute atomic E-state index is 5.33. The molecule has 0 saturated heterocycles. The Labute approximate surface area is 87.8 Å². The van der Waals surface area contributed by atoms with Crippen molar-refractivity contribution in [1.29, 1.82) is 0 Å². The van der Waals surface area contributed by atoms with Crippen LogP contribution in [0.15, 0.2) is 35.3 Å². The zero-order valence-corrected chi connectivity index (χ0v) is 8.54. The minimum absolute atomic E-state index is 0.0402. The number of nitrogens with one attached hydrogen (secondary N) is 1. The Hall–Kier alpha value is -1.62. The maximum atomic E-state index is 5.33. The van der Waals surface area contributed by atoms with Crippen LogP contribution in [0.1, 0.15) is 0 Å². The first-order valence-corrected chi connectivity index (χ1v) is 4.37. The summed E-state index contributed by atoms with van der Waals surface area (Å²) < 4.78 is 4.66. The van der Waals surface area contributed by atoms with Gasteiger partial charge in [0.2, 0.25) is 5.11 Å². The van der Waals surface area contributed by atoms with Gasteiger partial charge < -0.3 is 15.8 Å². The molecule has 0 aliphatic heterocycles. The molecule has 4 nitrogen and oxygen atoms in total. The second-order valence-corrected chi connectivity index (χ2v) is 2.84. The van der Waals surface area contributed by atoms with E-state index in [9.17, 15) is 0 Å². The van der Waals surface area contributed by atoms with Gasteiger partial charge >= 0.3 is 0 Å². The van der Waals surface area contributed by atoms with Gasteiger partial charge in [0.25, 0.3) is 6.02 Å². The first-order valence-electron chi connectivity index (χ1n) is 3.96. The predicted molar refractivity (Wildman–Crippen MR) is 61.3 cm³/mol. The molecule has 0 heterocycles. The lowest BCUT2D eigenvalue weighted by molar-refractivity contribution is 0.397. The second kappa shape index (κ2) is 5.18. The molecule has 3 N–H and O–H groups in total. The number of hydrogen-bond acceptors (Lipinski definition) is 2. The molecule has 0 fully saturated rings. The molecule has 0 radical (unpaired) electrons. The van der Waals surface area contributed by atoms with Crippen LogP contribution in [0, 0.1) is 0 Å². The minimum Gasteiger partial charge on any atom is -0.468 e. The van der Waals surface area contributed by atoms with Crippen molar-refractivity contribution >= 4 is 29.0 Å². The summed E-state index contributed by atoms with van der Waals surface area (Å²) in [5, 5.41) is 3.16. The molecule has 0 unspecified atom stereocenters. The number of anilines is 1. The highest BCUT2D eigenvalue weighted by atomic mass is 32.1. The average Bonchev–Trinajstić information content (AvgIpc) is 2.19. The van der Waals surface area contributed by atoms with Crippen LogP contribution in [0.2, 0.25) is 0 Å². The molecule has 0 amide bonds. The Balaban J connectivity index is 2.58. The van der Waals surface area contributed by atoms with E-state index < -0.39 is 0 Å². The number of amidine groups is 1. The van der Waals surface area contributed by atoms with Crippen LogP contribution in [-0.4, -0.2) is 18.2 Å². The third-order valence-electron chi connectivity index (χ3n) is 1.45. The molecule has 14 heavy (non-hydrogen) atoms. The van der Waals surface area contributed by atoms with Gasteiger partial charge in [-0.1, -0.05) is 18.2 Å². The van der Waals surface area contributed by atoms with Crippen molar-refractivity contribution in [1.82, 2.24) is 0 Å². The van der Waals surface area contributed by atoms with Gasteiger partial charge in [0.15, 0.2) is 0 Å². The molecule has 0 aromatic heterocycles. The van der Waals surface area contributed by atoms with E-state index in [2.05, 4.69) is 15.0 Å². The lowest BCUT2D eigenvalue weighted by Crippen LogP contribution is -2.18. The molecule has 0 aliphatic carbocycles. The first kappa shape index (κ1) is 10.5. The number of methoxy groups -OCH3 is 1. The fourth-order valence-corrected chi connectivity index (χ4v) is 1.03. The van der Waals surface area contributed by atoms with Crippen LogP contribution in [0.4, 0.5) is 5.69 Å². The highest BCUT2D eigenvalue weighted by Crippen LogP contribution is 2.05. The molecule has 0 aliphatic rings. The van der Waals surface area contributed by atoms with E-state index >= 15 is 0 Å². The van der Waals surface area contributed by atoms with E-state index in [1.807, 2.05) is 30.3 Å². The lowest BCUT2D eigenvalue weighted by Gasteiger charge is -2.03. The number of nitrogens with two attached hydrogens (primary N) is 1. The van der Waals surface area contributed by atoms with Crippen LogP contribution in [-0.2, 0) is 4.74 Å². The summed E-state index contributed by atoms with van der Waals surface area (Å²) in [6.07, 6.45) is 0. The van der Waals surface area contributed by atoms with E-state index in [-0.39, 0.29) is 11.1 Å². The van der Waals surface area contributed by atoms with Crippen molar-refractivity contribution < 1.29 is 4.74 Å². The molecule has 1 rings (SSSR count). The number of rotatable bonds is 1. The molecule has 1 aromatic carbocycles. The first-order chi connectivity index (χ1) is 6.72. The summed E-state index contributed by atoms with van der Waals surface area (Å²) in [6.45, 7) is 0. The van der Waals surface area contributed by atoms with E-state index in [0.717, 1.165) is 5.69 Å². The van der Waals surface area contributed by atoms with Gasteiger partial charge in [-0.25, -0.2) is 0 Å². The minimum atomic E-state index is 0.0402. The summed E-state index contributed by atoms with van der Waals surface area (Å²) in [5.41, 5.74) is 6.19. The van der Waals surface area contributed by atoms with Crippen LogP contribution in [0.25, 0.3) is 0 Å². The van der Waals surface area contributed by atoms with Gasteiger partial charge in [0.1, 0.15) is 0 Å². The zero-order chi connectivity index (χ0) is 10.4. The number of thiocarbonyl (C=S) groups is 1. The standard InChI is InChI=1S/C9H11N3OS/c1-13-8(10)12-9(14)11-7-5-3-2-4-6-7/h2-6H,1H3,(H3,10,11,12,14). The van der Waals surface area contributed by atoms with Crippen LogP contribution in [0.5, 0.6) is 0 Å². The fraction of sp³-hybridized carbons (Fsp3) is 0.111. The average molecular weight is 209 g/mol. The Morgan fingerprint density at radius 1 is 1.43 bits per heavy atom. The number of benzene rings is 1. The van der Waals surface area contributed by atoms with Crippen molar-refractivity contribution in [2.24, 2.45) is 10.7 Å². The third kappa shape index (κ3) is 3.40. The molecule has 1 aromatic rings. The van der Waals surface area contributed by atoms with Crippen molar-refractivity contribution in [2.45, 2.75) is 0 Å². The SMILES string of the molecule is CO/C(N)=N/C(=S)Nc1ccccc1. The Morgan fingerprint density at radius 3 is 2.64 bits per heavy atom. The number of hydrogen-bond donors (Lipinski definition) is 2. The predicted octanol–water partition coefficient (Wildman–Crippen LogP) is 1.34. The molecule has 5 heteroatoms. The molecular formula is C9H11N3OS. The highest BCUT2D eigenvalue weighted by molar-refractivity contribution is 7.80. The summed E-state index contributed by atoms with van der Waals surface area (Å²) >= 11 is 4.92. The second-order valence-electron chi connectivity index (χ2n) is 2.45. The van der Waals surface area contributed by atoms with E-state index in [0.29, 0.717) is 0 Å². The summed E-state index contributed by atoms with van der Waals surface area (Å²) in [6, 6.07) is 9.51. The molecule has 0 bridgehead atoms. The van der Waals surface area contributed by atoms with E-state index in [1.54, 1.807) is 0 Å². The molecular weight excluding hydrogens is 198 g/mol. The third-order valence-corrected chi connectivity index (χ3v) is 1.64. The number of ether oxygens (including phenoxy) is 1. The van der Waals surface area contributed by atoms with Crippen LogP contribution in [0.3, 0.4) is 0 Å². The van der Waals surface area contributed by atoms with Crippen molar-refractivity contribution in [3.8, 4) is 0 Å². The maximum Gasteiger partial charge on any atom is 0.289 e. The lowest BCUT2D eigenvalue weighted by atomic mass is 10.3. The van der Waals surface area contributed by atoms with E-state index in [4.69, 9.17) is 18.0 Å². The Kier molecular flexibility index (Phi) is 3.87. The number of nitrogens with zero attached hydrogens (tertiary/aromatic N) is 1.